The zero-order chi connectivity index (χ0) is 8.15. The van der Waals surface area contributed by atoms with Crippen molar-refractivity contribution in [1.82, 2.24) is 5.48 Å². The van der Waals surface area contributed by atoms with Gasteiger partial charge in [0.15, 0.2) is 0 Å². The van der Waals surface area contributed by atoms with E-state index in [0.29, 0.717) is 0 Å². The summed E-state index contributed by atoms with van der Waals surface area (Å²) in [5.41, 5.74) is 1.78. The van der Waals surface area contributed by atoms with E-state index in [2.05, 4.69) is 4.84 Å². The first-order valence-electron chi connectivity index (χ1n) is 2.42. The Morgan fingerprint density at radius 3 is 2.30 bits per heavy atom. The molecule has 0 spiro atoms. The van der Waals surface area contributed by atoms with Crippen LogP contribution in [0.5, 0.6) is 0 Å². The number of carbonyl (C=O) groups is 2. The molecule has 0 saturated heterocycles. The molecule has 6 nitrogen and oxygen atoms in total. The van der Waals surface area contributed by atoms with Crippen molar-refractivity contribution in [2.45, 2.75) is 13.0 Å². The fourth-order valence-corrected chi connectivity index (χ4v) is 0.189. The van der Waals surface area contributed by atoms with Crippen LogP contribution in [0.15, 0.2) is 0 Å². The highest BCUT2D eigenvalue weighted by Gasteiger charge is 2.11. The van der Waals surface area contributed by atoms with E-state index >= 15 is 0 Å². The van der Waals surface area contributed by atoms with Crippen LogP contribution in [-0.2, 0) is 9.63 Å². The number of hydroxylamine groups is 1. The summed E-state index contributed by atoms with van der Waals surface area (Å²) < 4.78 is 0. The van der Waals surface area contributed by atoms with Crippen molar-refractivity contribution < 1.29 is 24.6 Å². The summed E-state index contributed by atoms with van der Waals surface area (Å²) in [5, 5.41) is 16.0. The van der Waals surface area contributed by atoms with Gasteiger partial charge in [-0.05, 0) is 6.92 Å². The van der Waals surface area contributed by atoms with Gasteiger partial charge in [0.25, 0.3) is 0 Å². The van der Waals surface area contributed by atoms with Crippen LogP contribution in [0, 0.1) is 0 Å². The first kappa shape index (κ1) is 8.70. The summed E-state index contributed by atoms with van der Waals surface area (Å²) >= 11 is 0. The normalized spacial score (nSPS) is 12.1. The topological polar surface area (TPSA) is 95.9 Å². The van der Waals surface area contributed by atoms with E-state index in [1.165, 1.54) is 6.92 Å². The lowest BCUT2D eigenvalue weighted by molar-refractivity contribution is -0.142. The van der Waals surface area contributed by atoms with E-state index in [9.17, 15) is 9.59 Å². The fourth-order valence-electron chi connectivity index (χ4n) is 0.189. The average Bonchev–Trinajstić information content (AvgIpc) is 1.82. The highest BCUT2D eigenvalue weighted by Crippen LogP contribution is 1.80. The molecule has 0 rings (SSSR count). The van der Waals surface area contributed by atoms with Gasteiger partial charge in [-0.25, -0.2) is 4.79 Å². The number of hydrogen-bond acceptors (Lipinski definition) is 4. The van der Waals surface area contributed by atoms with Gasteiger partial charge in [0, 0.05) is 0 Å². The van der Waals surface area contributed by atoms with Gasteiger partial charge in [-0.15, -0.1) is 5.48 Å². The van der Waals surface area contributed by atoms with Crippen LogP contribution in [0.25, 0.3) is 0 Å². The van der Waals surface area contributed by atoms with Gasteiger partial charge in [0.05, 0.1) is 0 Å². The molecule has 0 amide bonds. The molecule has 0 aliphatic rings. The summed E-state index contributed by atoms with van der Waals surface area (Å²) in [4.78, 5) is 23.4. The van der Waals surface area contributed by atoms with Crippen molar-refractivity contribution in [3.05, 3.63) is 0 Å². The van der Waals surface area contributed by atoms with Crippen LogP contribution < -0.4 is 5.48 Å². The van der Waals surface area contributed by atoms with Gasteiger partial charge in [-0.1, -0.05) is 0 Å². The minimum atomic E-state index is -1.56. The van der Waals surface area contributed by atoms with Crippen molar-refractivity contribution in [2.24, 2.45) is 0 Å². The number of carboxylic acids is 1. The Morgan fingerprint density at radius 1 is 1.50 bits per heavy atom. The molecule has 1 atom stereocenters. The van der Waals surface area contributed by atoms with Gasteiger partial charge in [-0.2, -0.15) is 0 Å². The highest BCUT2D eigenvalue weighted by molar-refractivity contribution is 5.72. The maximum Gasteiger partial charge on any atom is 0.525 e. The smallest absolute Gasteiger partial charge is 0.480 e. The standard InChI is InChI=1S/C4H7NO5/c1-2(3(6)7)5-10-4(8)9/h2,5H,1H3,(H,6,7)(H,8,9)/t2-/m0/s1. The minimum absolute atomic E-state index is 1.03. The molecule has 6 heteroatoms. The molecule has 3 N–H and O–H groups in total. The maximum absolute atomic E-state index is 9.98. The monoisotopic (exact) mass is 149 g/mol. The van der Waals surface area contributed by atoms with Crippen molar-refractivity contribution in [2.75, 3.05) is 0 Å². The molecular formula is C4H7NO5. The molecule has 0 aromatic heterocycles. The Bertz CT molecular complexity index is 145. The Labute approximate surface area is 56.4 Å². The first-order chi connectivity index (χ1) is 4.54. The maximum atomic E-state index is 9.98. The summed E-state index contributed by atoms with van der Waals surface area (Å²) in [6.07, 6.45) is -1.56. The Kier molecular flexibility index (Phi) is 3.20. The number of hydrogen-bond donors (Lipinski definition) is 3. The molecule has 0 bridgehead atoms. The second-order valence-corrected chi connectivity index (χ2v) is 1.55. The van der Waals surface area contributed by atoms with Crippen molar-refractivity contribution >= 4 is 12.1 Å². The Balaban J connectivity index is 3.49. The molecule has 0 heterocycles. The second-order valence-electron chi connectivity index (χ2n) is 1.55. The Hall–Kier alpha value is -1.30. The van der Waals surface area contributed by atoms with Gasteiger partial charge in [0.1, 0.15) is 6.04 Å². The van der Waals surface area contributed by atoms with Gasteiger partial charge >= 0.3 is 12.1 Å². The zero-order valence-electron chi connectivity index (χ0n) is 5.20. The third kappa shape index (κ3) is 3.67. The number of carboxylic acid groups (broad SMARTS) is 2. The molecule has 0 aliphatic heterocycles. The highest BCUT2D eigenvalue weighted by atomic mass is 16.8. The summed E-state index contributed by atoms with van der Waals surface area (Å²) in [5.74, 6) is -1.18. The first-order valence-corrected chi connectivity index (χ1v) is 2.42. The minimum Gasteiger partial charge on any atom is -0.480 e. The molecule has 0 aliphatic carbocycles. The van der Waals surface area contributed by atoms with E-state index < -0.39 is 18.2 Å². The van der Waals surface area contributed by atoms with Crippen LogP contribution in [0.4, 0.5) is 4.79 Å². The largest absolute Gasteiger partial charge is 0.525 e. The number of rotatable bonds is 3. The molecule has 0 aromatic rings. The molecule has 10 heavy (non-hydrogen) atoms. The van der Waals surface area contributed by atoms with E-state index in [-0.39, 0.29) is 0 Å². The van der Waals surface area contributed by atoms with E-state index in [1.807, 2.05) is 0 Å². The predicted octanol–water partition coefficient (Wildman–Crippen LogP) is -0.341. The molecule has 0 aromatic carbocycles. The fraction of sp³-hybridized carbons (Fsp3) is 0.500. The zero-order valence-corrected chi connectivity index (χ0v) is 5.20. The predicted molar refractivity (Wildman–Crippen MR) is 29.3 cm³/mol. The lowest BCUT2D eigenvalue weighted by Crippen LogP contribution is -2.35. The lowest BCUT2D eigenvalue weighted by Gasteiger charge is -2.04. The summed E-state index contributed by atoms with van der Waals surface area (Å²) in [6, 6.07) is -1.03. The van der Waals surface area contributed by atoms with Crippen LogP contribution >= 0.6 is 0 Å². The third-order valence-electron chi connectivity index (χ3n) is 0.693. The van der Waals surface area contributed by atoms with Gasteiger partial charge < -0.3 is 15.1 Å². The molecule has 0 unspecified atom stereocenters. The lowest BCUT2D eigenvalue weighted by atomic mass is 10.4. The molecule has 0 fully saturated rings. The van der Waals surface area contributed by atoms with Crippen molar-refractivity contribution in [1.29, 1.82) is 0 Å². The average molecular weight is 149 g/mol. The van der Waals surface area contributed by atoms with Crippen molar-refractivity contribution in [3.63, 3.8) is 0 Å². The molecule has 58 valence electrons. The van der Waals surface area contributed by atoms with Crippen molar-refractivity contribution in [3.8, 4) is 0 Å². The molecule has 0 saturated carbocycles. The number of nitrogens with one attached hydrogen (secondary N) is 1. The summed E-state index contributed by atoms with van der Waals surface area (Å²) in [7, 11) is 0. The Morgan fingerprint density at radius 2 is 2.00 bits per heavy atom. The molecular weight excluding hydrogens is 142 g/mol. The number of aliphatic carboxylic acids is 1. The van der Waals surface area contributed by atoms with E-state index in [4.69, 9.17) is 10.2 Å². The van der Waals surface area contributed by atoms with E-state index in [1.54, 1.807) is 5.48 Å². The van der Waals surface area contributed by atoms with Crippen LogP contribution in [0.1, 0.15) is 6.92 Å². The van der Waals surface area contributed by atoms with Gasteiger partial charge in [0.2, 0.25) is 0 Å². The molecule has 0 radical (unpaired) electrons. The third-order valence-corrected chi connectivity index (χ3v) is 0.693. The summed E-state index contributed by atoms with van der Waals surface area (Å²) in [6.45, 7) is 1.26. The van der Waals surface area contributed by atoms with E-state index in [0.717, 1.165) is 0 Å². The second kappa shape index (κ2) is 3.67. The van der Waals surface area contributed by atoms with Crippen LogP contribution in [0.2, 0.25) is 0 Å². The van der Waals surface area contributed by atoms with Crippen LogP contribution in [0.3, 0.4) is 0 Å². The quantitative estimate of drug-likeness (QED) is 0.475. The van der Waals surface area contributed by atoms with Crippen LogP contribution in [-0.4, -0.2) is 28.4 Å². The van der Waals surface area contributed by atoms with Gasteiger partial charge in [-0.3, -0.25) is 4.79 Å². The SMILES string of the molecule is C[C@H](NOC(=O)O)C(=O)O.